The number of amides is 2. The van der Waals surface area contributed by atoms with E-state index in [1.54, 1.807) is 22.6 Å². The molecule has 1 aromatic rings. The number of imide groups is 1. The van der Waals surface area contributed by atoms with Crippen molar-refractivity contribution < 1.29 is 27.6 Å². The molecule has 10 heteroatoms. The number of piperidine rings is 2. The van der Waals surface area contributed by atoms with Crippen molar-refractivity contribution in [1.82, 2.24) is 10.2 Å². The van der Waals surface area contributed by atoms with Gasteiger partial charge < -0.3 is 5.32 Å². The summed E-state index contributed by atoms with van der Waals surface area (Å²) >= 11 is 1.64. The standard InChI is InChI=1S/C19H21F3IN3O3/c20-14-9-11(24-15-3-4-17(28)25-18(15)29)1-2-12(14)13-5-7-26(8-6-16(23)27)10-19(13,21)22/h1-2,9,13,15,24H,3-8,10H2,(H,25,28,29). The molecule has 0 radical (unpaired) electrons. The predicted molar refractivity (Wildman–Crippen MR) is 109 cm³/mol. The maximum atomic E-state index is 14.7. The van der Waals surface area contributed by atoms with Crippen molar-refractivity contribution >= 4 is 43.9 Å². The summed E-state index contributed by atoms with van der Waals surface area (Å²) in [7, 11) is 0. The van der Waals surface area contributed by atoms with E-state index in [2.05, 4.69) is 10.6 Å². The van der Waals surface area contributed by atoms with Crippen molar-refractivity contribution in [2.45, 2.75) is 43.6 Å². The van der Waals surface area contributed by atoms with Gasteiger partial charge in [0, 0.05) is 25.1 Å². The van der Waals surface area contributed by atoms with E-state index in [9.17, 15) is 27.6 Å². The van der Waals surface area contributed by atoms with E-state index < -0.39 is 36.2 Å². The molecular formula is C19H21F3IN3O3. The van der Waals surface area contributed by atoms with Crippen LogP contribution in [0.1, 0.15) is 37.2 Å². The molecular weight excluding hydrogens is 502 g/mol. The Bertz CT molecular complexity index is 821. The van der Waals surface area contributed by atoms with Crippen LogP contribution in [0.5, 0.6) is 0 Å². The first-order chi connectivity index (χ1) is 13.7. The molecule has 158 valence electrons. The zero-order chi connectivity index (χ0) is 21.2. The number of carbonyl (C=O) groups excluding carboxylic acids is 3. The van der Waals surface area contributed by atoms with E-state index in [4.69, 9.17) is 0 Å². The van der Waals surface area contributed by atoms with E-state index in [-0.39, 0.29) is 47.5 Å². The molecule has 29 heavy (non-hydrogen) atoms. The van der Waals surface area contributed by atoms with Crippen LogP contribution in [-0.4, -0.2) is 52.1 Å². The molecule has 2 saturated heterocycles. The number of nitrogens with one attached hydrogen (secondary N) is 2. The molecule has 2 N–H and O–H groups in total. The Kier molecular flexibility index (Phi) is 6.82. The first-order valence-electron chi connectivity index (χ1n) is 9.34. The number of nitrogens with zero attached hydrogens (tertiary/aromatic N) is 1. The van der Waals surface area contributed by atoms with Crippen molar-refractivity contribution in [3.05, 3.63) is 29.6 Å². The molecule has 0 spiro atoms. The zero-order valence-electron chi connectivity index (χ0n) is 15.5. The van der Waals surface area contributed by atoms with Crippen molar-refractivity contribution in [1.29, 1.82) is 0 Å². The molecule has 2 fully saturated rings. The lowest BCUT2D eigenvalue weighted by atomic mass is 9.85. The number of rotatable bonds is 6. The monoisotopic (exact) mass is 523 g/mol. The van der Waals surface area contributed by atoms with Gasteiger partial charge in [0.1, 0.15) is 11.9 Å². The largest absolute Gasteiger partial charge is 0.374 e. The average Bonchev–Trinajstić information content (AvgIpc) is 2.62. The molecule has 3 rings (SSSR count). The SMILES string of the molecule is O=C(I)CCN1CCC(c2ccc(NC3CCC(=O)NC3=O)cc2F)C(F)(F)C1. The van der Waals surface area contributed by atoms with Crippen LogP contribution in [0.2, 0.25) is 0 Å². The Labute approximate surface area is 179 Å². The highest BCUT2D eigenvalue weighted by Gasteiger charge is 2.46. The summed E-state index contributed by atoms with van der Waals surface area (Å²) in [5.74, 6) is -5.98. The molecule has 2 unspecified atom stereocenters. The van der Waals surface area contributed by atoms with E-state index in [0.717, 1.165) is 6.07 Å². The number of hydrogen-bond donors (Lipinski definition) is 2. The van der Waals surface area contributed by atoms with Crippen LogP contribution in [-0.2, 0) is 14.4 Å². The first-order valence-corrected chi connectivity index (χ1v) is 10.4. The second-order valence-electron chi connectivity index (χ2n) is 7.37. The maximum absolute atomic E-state index is 14.7. The highest BCUT2D eigenvalue weighted by atomic mass is 127. The predicted octanol–water partition coefficient (Wildman–Crippen LogP) is 2.82. The fourth-order valence-electron chi connectivity index (χ4n) is 3.76. The number of likely N-dealkylation sites (tertiary alicyclic amines) is 1. The minimum atomic E-state index is -3.12. The van der Waals surface area contributed by atoms with Gasteiger partial charge in [-0.2, -0.15) is 0 Å². The van der Waals surface area contributed by atoms with Crippen molar-refractivity contribution in [3.8, 4) is 0 Å². The normalized spacial score (nSPS) is 24.8. The molecule has 2 amide bonds. The molecule has 0 saturated carbocycles. The summed E-state index contributed by atoms with van der Waals surface area (Å²) in [4.78, 5) is 35.6. The van der Waals surface area contributed by atoms with Gasteiger partial charge in [-0.05, 0) is 59.7 Å². The van der Waals surface area contributed by atoms with Gasteiger partial charge in [-0.3, -0.25) is 24.6 Å². The fraction of sp³-hybridized carbons (Fsp3) is 0.526. The zero-order valence-corrected chi connectivity index (χ0v) is 17.7. The van der Waals surface area contributed by atoms with Gasteiger partial charge in [0.2, 0.25) is 11.8 Å². The minimum absolute atomic E-state index is 0.0616. The van der Waals surface area contributed by atoms with Gasteiger partial charge in [-0.15, -0.1) is 0 Å². The molecule has 0 bridgehead atoms. The third-order valence-corrected chi connectivity index (χ3v) is 5.80. The first kappa shape index (κ1) is 22.0. The lowest BCUT2D eigenvalue weighted by molar-refractivity contribution is -0.133. The number of halogens is 4. The van der Waals surface area contributed by atoms with Gasteiger partial charge in [0.25, 0.3) is 5.92 Å². The lowest BCUT2D eigenvalue weighted by Gasteiger charge is -2.38. The van der Waals surface area contributed by atoms with Crippen molar-refractivity contribution in [3.63, 3.8) is 0 Å². The molecule has 2 atom stereocenters. The number of benzene rings is 1. The van der Waals surface area contributed by atoms with Crippen LogP contribution in [0.3, 0.4) is 0 Å². The van der Waals surface area contributed by atoms with E-state index in [1.807, 2.05) is 0 Å². The molecule has 2 heterocycles. The number of carbonyl (C=O) groups is 3. The van der Waals surface area contributed by atoms with Crippen LogP contribution >= 0.6 is 22.6 Å². The van der Waals surface area contributed by atoms with Crippen LogP contribution in [0.25, 0.3) is 0 Å². The minimum Gasteiger partial charge on any atom is -0.374 e. The Balaban J connectivity index is 1.67. The molecule has 1 aromatic carbocycles. The van der Waals surface area contributed by atoms with E-state index >= 15 is 0 Å². The summed E-state index contributed by atoms with van der Waals surface area (Å²) in [6.07, 6.45) is 0.748. The summed E-state index contributed by atoms with van der Waals surface area (Å²) in [6, 6.07) is 3.23. The Morgan fingerprint density at radius 2 is 2.07 bits per heavy atom. The summed E-state index contributed by atoms with van der Waals surface area (Å²) in [6.45, 7) is 0.110. The second-order valence-corrected chi connectivity index (χ2v) is 8.57. The topological polar surface area (TPSA) is 78.5 Å². The maximum Gasteiger partial charge on any atom is 0.267 e. The fourth-order valence-corrected chi connectivity index (χ4v) is 4.00. The quantitative estimate of drug-likeness (QED) is 0.341. The summed E-state index contributed by atoms with van der Waals surface area (Å²) in [5.41, 5.74) is 0.232. The summed E-state index contributed by atoms with van der Waals surface area (Å²) < 4.78 is 43.9. The van der Waals surface area contributed by atoms with E-state index in [0.29, 0.717) is 12.2 Å². The highest BCUT2D eigenvalue weighted by Crippen LogP contribution is 2.41. The average molecular weight is 523 g/mol. The second kappa shape index (κ2) is 8.99. The van der Waals surface area contributed by atoms with Gasteiger partial charge in [-0.1, -0.05) is 6.07 Å². The summed E-state index contributed by atoms with van der Waals surface area (Å²) in [5, 5.41) is 5.04. The highest BCUT2D eigenvalue weighted by molar-refractivity contribution is 14.1. The van der Waals surface area contributed by atoms with Gasteiger partial charge in [-0.25, -0.2) is 13.2 Å². The molecule has 2 aliphatic rings. The Morgan fingerprint density at radius 1 is 1.31 bits per heavy atom. The molecule has 6 nitrogen and oxygen atoms in total. The van der Waals surface area contributed by atoms with Crippen LogP contribution in [0.4, 0.5) is 18.9 Å². The van der Waals surface area contributed by atoms with Gasteiger partial charge >= 0.3 is 0 Å². The number of anilines is 1. The van der Waals surface area contributed by atoms with Crippen molar-refractivity contribution in [2.75, 3.05) is 25.0 Å². The molecule has 0 aromatic heterocycles. The van der Waals surface area contributed by atoms with Crippen LogP contribution < -0.4 is 10.6 Å². The Morgan fingerprint density at radius 3 is 2.69 bits per heavy atom. The molecule has 2 aliphatic heterocycles. The number of alkyl halides is 2. The van der Waals surface area contributed by atoms with Crippen LogP contribution in [0, 0.1) is 5.82 Å². The third kappa shape index (κ3) is 5.47. The Hall–Kier alpha value is -1.69. The molecule has 0 aliphatic carbocycles. The van der Waals surface area contributed by atoms with Gasteiger partial charge in [0.05, 0.1) is 12.5 Å². The smallest absolute Gasteiger partial charge is 0.267 e. The van der Waals surface area contributed by atoms with Crippen LogP contribution in [0.15, 0.2) is 18.2 Å². The lowest BCUT2D eigenvalue weighted by Crippen LogP contribution is -2.48. The van der Waals surface area contributed by atoms with Gasteiger partial charge in [0.15, 0.2) is 3.79 Å². The van der Waals surface area contributed by atoms with Crippen molar-refractivity contribution in [2.24, 2.45) is 0 Å². The third-order valence-electron chi connectivity index (χ3n) is 5.26. The van der Waals surface area contributed by atoms with E-state index in [1.165, 1.54) is 17.0 Å². The number of hydrogen-bond acceptors (Lipinski definition) is 5.